The Bertz CT molecular complexity index is 715. The molecule has 0 aromatic heterocycles. The first-order valence-electron chi connectivity index (χ1n) is 10.8. The summed E-state index contributed by atoms with van der Waals surface area (Å²) in [6.45, 7) is 7.31. The van der Waals surface area contributed by atoms with Gasteiger partial charge >= 0.3 is 0 Å². The lowest BCUT2D eigenvalue weighted by Crippen LogP contribution is -2.47. The highest BCUT2D eigenvalue weighted by Crippen LogP contribution is 2.21. The van der Waals surface area contributed by atoms with Crippen molar-refractivity contribution in [2.45, 2.75) is 25.7 Å². The normalized spacial score (nSPS) is 15.5. The summed E-state index contributed by atoms with van der Waals surface area (Å²) in [6.07, 6.45) is 4.19. The zero-order valence-corrected chi connectivity index (χ0v) is 18.0. The number of nitrogens with zero attached hydrogens (tertiary/aromatic N) is 2. The first kappa shape index (κ1) is 22.1. The minimum Gasteiger partial charge on any atom is -0.493 e. The number of β-amino-alcohol motifs (C(OH)–C–C–N with tert-alkyl or cyclic N) is 1. The summed E-state index contributed by atoms with van der Waals surface area (Å²) in [7, 11) is 0. The molecule has 0 atom stereocenters. The maximum atomic E-state index is 9.03. The summed E-state index contributed by atoms with van der Waals surface area (Å²) < 4.78 is 6.11. The van der Waals surface area contributed by atoms with Gasteiger partial charge in [0.2, 0.25) is 0 Å². The van der Waals surface area contributed by atoms with E-state index in [4.69, 9.17) is 21.4 Å². The fraction of sp³-hybridized carbons (Fsp3) is 0.500. The number of para-hydroxylation sites is 1. The summed E-state index contributed by atoms with van der Waals surface area (Å²) in [5.74, 6) is 1.01. The first-order chi connectivity index (χ1) is 14.2. The van der Waals surface area contributed by atoms with Crippen LogP contribution < -0.4 is 4.74 Å². The van der Waals surface area contributed by atoms with Gasteiger partial charge in [0.1, 0.15) is 5.75 Å². The number of hydrogen-bond acceptors (Lipinski definition) is 4. The van der Waals surface area contributed by atoms with Gasteiger partial charge in [0.05, 0.1) is 13.2 Å². The predicted octanol–water partition coefficient (Wildman–Crippen LogP) is 3.89. The van der Waals surface area contributed by atoms with Gasteiger partial charge in [0.15, 0.2) is 0 Å². The van der Waals surface area contributed by atoms with Crippen LogP contribution >= 0.6 is 11.6 Å². The van der Waals surface area contributed by atoms with Crippen molar-refractivity contribution in [2.24, 2.45) is 0 Å². The highest BCUT2D eigenvalue weighted by atomic mass is 35.5. The molecule has 1 heterocycles. The van der Waals surface area contributed by atoms with Crippen molar-refractivity contribution in [3.05, 3.63) is 64.7 Å². The van der Waals surface area contributed by atoms with Gasteiger partial charge in [-0.15, -0.1) is 0 Å². The van der Waals surface area contributed by atoms with E-state index in [1.54, 1.807) is 0 Å². The molecule has 1 saturated heterocycles. The van der Waals surface area contributed by atoms with E-state index in [0.717, 1.165) is 82.3 Å². The van der Waals surface area contributed by atoms with E-state index in [9.17, 15) is 0 Å². The molecule has 5 heteroatoms. The zero-order chi connectivity index (χ0) is 20.3. The van der Waals surface area contributed by atoms with Crippen molar-refractivity contribution in [3.8, 4) is 5.75 Å². The maximum absolute atomic E-state index is 9.03. The molecule has 29 heavy (non-hydrogen) atoms. The fourth-order valence-electron chi connectivity index (χ4n) is 3.78. The van der Waals surface area contributed by atoms with Gasteiger partial charge in [0, 0.05) is 37.7 Å². The van der Waals surface area contributed by atoms with E-state index in [-0.39, 0.29) is 6.61 Å². The largest absolute Gasteiger partial charge is 0.493 e. The van der Waals surface area contributed by atoms with Crippen molar-refractivity contribution in [2.75, 3.05) is 52.5 Å². The highest BCUT2D eigenvalue weighted by Gasteiger charge is 2.15. The Morgan fingerprint density at radius 2 is 1.52 bits per heavy atom. The Kier molecular flexibility index (Phi) is 9.29. The number of benzene rings is 2. The summed E-state index contributed by atoms with van der Waals surface area (Å²) in [5, 5.41) is 9.81. The van der Waals surface area contributed by atoms with E-state index >= 15 is 0 Å². The number of hydrogen-bond donors (Lipinski definition) is 1. The van der Waals surface area contributed by atoms with Gasteiger partial charge in [-0.25, -0.2) is 0 Å². The van der Waals surface area contributed by atoms with Crippen molar-refractivity contribution in [1.82, 2.24) is 9.80 Å². The molecule has 4 nitrogen and oxygen atoms in total. The summed E-state index contributed by atoms with van der Waals surface area (Å²) in [4.78, 5) is 4.86. The van der Waals surface area contributed by atoms with Crippen molar-refractivity contribution in [3.63, 3.8) is 0 Å². The van der Waals surface area contributed by atoms with E-state index in [1.165, 1.54) is 11.1 Å². The molecule has 0 unspecified atom stereocenters. The summed E-state index contributed by atoms with van der Waals surface area (Å²) in [5.41, 5.74) is 2.56. The molecular formula is C24H33ClN2O2. The fourth-order valence-corrected chi connectivity index (χ4v) is 3.90. The summed E-state index contributed by atoms with van der Waals surface area (Å²) >= 11 is 5.97. The molecule has 1 aliphatic rings. The van der Waals surface area contributed by atoms with Crippen molar-refractivity contribution in [1.29, 1.82) is 0 Å². The number of rotatable bonds is 11. The third-order valence-corrected chi connectivity index (χ3v) is 5.83. The molecule has 0 bridgehead atoms. The average molecular weight is 417 g/mol. The third kappa shape index (κ3) is 7.63. The first-order valence-corrected chi connectivity index (χ1v) is 11.1. The number of aliphatic hydroxyl groups is 1. The van der Waals surface area contributed by atoms with Crippen LogP contribution in [0.15, 0.2) is 48.5 Å². The molecule has 0 amide bonds. The number of unbranched alkanes of at least 4 members (excludes halogenated alkanes) is 1. The van der Waals surface area contributed by atoms with E-state index in [1.807, 2.05) is 18.2 Å². The number of aliphatic hydroxyl groups excluding tert-OH is 1. The molecule has 158 valence electrons. The van der Waals surface area contributed by atoms with Crippen LogP contribution in [0.5, 0.6) is 5.75 Å². The molecule has 0 spiro atoms. The lowest BCUT2D eigenvalue weighted by molar-refractivity contribution is 0.110. The topological polar surface area (TPSA) is 35.9 Å². The second kappa shape index (κ2) is 12.2. The number of piperazine rings is 1. The van der Waals surface area contributed by atoms with Crippen LogP contribution in [0.2, 0.25) is 5.02 Å². The predicted molar refractivity (Wildman–Crippen MR) is 120 cm³/mol. The van der Waals surface area contributed by atoms with Gasteiger partial charge in [-0.2, -0.15) is 0 Å². The average Bonchev–Trinajstić information content (AvgIpc) is 2.75. The molecule has 2 aromatic carbocycles. The lowest BCUT2D eigenvalue weighted by Gasteiger charge is -2.34. The van der Waals surface area contributed by atoms with Crippen LogP contribution in [0.3, 0.4) is 0 Å². The zero-order valence-electron chi connectivity index (χ0n) is 17.2. The van der Waals surface area contributed by atoms with Gasteiger partial charge in [0.25, 0.3) is 0 Å². The van der Waals surface area contributed by atoms with Crippen LogP contribution in [0.1, 0.15) is 24.0 Å². The molecule has 0 radical (unpaired) electrons. The van der Waals surface area contributed by atoms with Gasteiger partial charge in [-0.05, 0) is 61.6 Å². The van der Waals surface area contributed by atoms with Crippen molar-refractivity contribution < 1.29 is 9.84 Å². The second-order valence-electron chi connectivity index (χ2n) is 7.70. The van der Waals surface area contributed by atoms with Crippen molar-refractivity contribution >= 4 is 11.6 Å². The lowest BCUT2D eigenvalue weighted by atomic mass is 10.0. The van der Waals surface area contributed by atoms with Crippen LogP contribution in [0.4, 0.5) is 0 Å². The quantitative estimate of drug-likeness (QED) is 0.563. The molecule has 2 aromatic rings. The molecular weight excluding hydrogens is 384 g/mol. The maximum Gasteiger partial charge on any atom is 0.122 e. The monoisotopic (exact) mass is 416 g/mol. The van der Waals surface area contributed by atoms with Crippen LogP contribution in [0.25, 0.3) is 0 Å². The third-order valence-electron chi connectivity index (χ3n) is 5.58. The number of halogens is 1. The van der Waals surface area contributed by atoms with Gasteiger partial charge < -0.3 is 14.7 Å². The molecule has 0 aliphatic carbocycles. The Balaban J connectivity index is 1.35. The molecule has 1 fully saturated rings. The van der Waals surface area contributed by atoms with Crippen LogP contribution in [0, 0.1) is 0 Å². The van der Waals surface area contributed by atoms with E-state index in [0.29, 0.717) is 0 Å². The van der Waals surface area contributed by atoms with Gasteiger partial charge in [-0.1, -0.05) is 41.9 Å². The minimum atomic E-state index is 0.262. The Morgan fingerprint density at radius 1 is 0.828 bits per heavy atom. The number of ether oxygens (including phenoxy) is 1. The van der Waals surface area contributed by atoms with Crippen LogP contribution in [-0.4, -0.2) is 67.4 Å². The standard InChI is InChI=1S/C24H33ClN2O2/c25-23-11-8-21(9-12-23)7-10-22-5-1-2-6-24(22)29-20-4-3-13-26-14-16-27(17-15-26)18-19-28/h1-2,5-6,8-9,11-12,28H,3-4,7,10,13-20H2. The Labute approximate surface area is 180 Å². The van der Waals surface area contributed by atoms with E-state index < -0.39 is 0 Å². The minimum absolute atomic E-state index is 0.262. The molecule has 0 saturated carbocycles. The molecule has 1 aliphatic heterocycles. The molecule has 3 rings (SSSR count). The Hall–Kier alpha value is -1.59. The number of aryl methyl sites for hydroxylation is 2. The molecule has 1 N–H and O–H groups in total. The second-order valence-corrected chi connectivity index (χ2v) is 8.13. The van der Waals surface area contributed by atoms with Gasteiger partial charge in [-0.3, -0.25) is 4.90 Å². The smallest absolute Gasteiger partial charge is 0.122 e. The SMILES string of the molecule is OCCN1CCN(CCCCOc2ccccc2CCc2ccc(Cl)cc2)CC1. The highest BCUT2D eigenvalue weighted by molar-refractivity contribution is 6.30. The van der Waals surface area contributed by atoms with E-state index in [2.05, 4.69) is 40.1 Å². The Morgan fingerprint density at radius 3 is 2.24 bits per heavy atom. The van der Waals surface area contributed by atoms with Crippen LogP contribution in [-0.2, 0) is 12.8 Å². The summed E-state index contributed by atoms with van der Waals surface area (Å²) in [6, 6.07) is 16.5.